The van der Waals surface area contributed by atoms with Crippen LogP contribution in [-0.2, 0) is 16.1 Å². The molecule has 1 aliphatic heterocycles. The molecule has 1 fully saturated rings. The number of amides is 1. The standard InChI is InChI=1S/C13H16N2O3/c1-18-13(17)10-7-9(8-14)4-5-11(10)15-6-2-3-12(15)16/h4-5,7H,2-3,6,8,14H2,1H3. The molecular formula is C13H16N2O3. The lowest BCUT2D eigenvalue weighted by Crippen LogP contribution is -2.26. The van der Waals surface area contributed by atoms with Gasteiger partial charge in [0.2, 0.25) is 5.91 Å². The topological polar surface area (TPSA) is 72.6 Å². The number of rotatable bonds is 3. The van der Waals surface area contributed by atoms with E-state index < -0.39 is 5.97 Å². The van der Waals surface area contributed by atoms with E-state index in [1.54, 1.807) is 17.0 Å². The van der Waals surface area contributed by atoms with E-state index in [1.807, 2.05) is 6.07 Å². The maximum Gasteiger partial charge on any atom is 0.339 e. The first-order valence-corrected chi connectivity index (χ1v) is 5.89. The highest BCUT2D eigenvalue weighted by atomic mass is 16.5. The molecule has 0 spiro atoms. The second-order valence-corrected chi connectivity index (χ2v) is 4.20. The lowest BCUT2D eigenvalue weighted by atomic mass is 10.1. The van der Waals surface area contributed by atoms with E-state index in [0.717, 1.165) is 12.0 Å². The Morgan fingerprint density at radius 3 is 2.83 bits per heavy atom. The number of methoxy groups -OCH3 is 1. The minimum atomic E-state index is -0.444. The smallest absolute Gasteiger partial charge is 0.339 e. The van der Waals surface area contributed by atoms with E-state index in [0.29, 0.717) is 30.8 Å². The Morgan fingerprint density at radius 1 is 1.50 bits per heavy atom. The number of carbonyl (C=O) groups is 2. The predicted octanol–water partition coefficient (Wildman–Crippen LogP) is 1.06. The third-order valence-corrected chi connectivity index (χ3v) is 3.07. The fourth-order valence-electron chi connectivity index (χ4n) is 2.12. The van der Waals surface area contributed by atoms with Gasteiger partial charge in [-0.2, -0.15) is 0 Å². The van der Waals surface area contributed by atoms with Crippen molar-refractivity contribution in [3.8, 4) is 0 Å². The van der Waals surface area contributed by atoms with E-state index in [-0.39, 0.29) is 5.91 Å². The maximum absolute atomic E-state index is 11.8. The lowest BCUT2D eigenvalue weighted by Gasteiger charge is -2.19. The van der Waals surface area contributed by atoms with Crippen molar-refractivity contribution in [2.45, 2.75) is 19.4 Å². The van der Waals surface area contributed by atoms with Crippen LogP contribution in [0.4, 0.5) is 5.69 Å². The minimum Gasteiger partial charge on any atom is -0.465 e. The first kappa shape index (κ1) is 12.6. The van der Waals surface area contributed by atoms with Gasteiger partial charge in [-0.3, -0.25) is 4.79 Å². The van der Waals surface area contributed by atoms with Crippen molar-refractivity contribution < 1.29 is 14.3 Å². The number of esters is 1. The summed E-state index contributed by atoms with van der Waals surface area (Å²) in [5.41, 5.74) is 7.41. The monoisotopic (exact) mass is 248 g/mol. The molecule has 18 heavy (non-hydrogen) atoms. The van der Waals surface area contributed by atoms with Gasteiger partial charge < -0.3 is 15.4 Å². The fourth-order valence-corrected chi connectivity index (χ4v) is 2.12. The Kier molecular flexibility index (Phi) is 3.62. The van der Waals surface area contributed by atoms with Gasteiger partial charge in [0.15, 0.2) is 0 Å². The van der Waals surface area contributed by atoms with Crippen molar-refractivity contribution in [2.75, 3.05) is 18.6 Å². The Balaban J connectivity index is 2.45. The molecular weight excluding hydrogens is 232 g/mol. The Morgan fingerprint density at radius 2 is 2.28 bits per heavy atom. The maximum atomic E-state index is 11.8. The van der Waals surface area contributed by atoms with Crippen LogP contribution >= 0.6 is 0 Å². The van der Waals surface area contributed by atoms with Crippen LogP contribution in [0.2, 0.25) is 0 Å². The zero-order valence-corrected chi connectivity index (χ0v) is 10.3. The molecule has 1 saturated heterocycles. The number of anilines is 1. The molecule has 0 radical (unpaired) electrons. The van der Waals surface area contributed by atoms with Gasteiger partial charge in [-0.05, 0) is 24.1 Å². The van der Waals surface area contributed by atoms with E-state index in [4.69, 9.17) is 10.5 Å². The zero-order chi connectivity index (χ0) is 13.1. The van der Waals surface area contributed by atoms with Gasteiger partial charge in [-0.15, -0.1) is 0 Å². The number of ether oxygens (including phenoxy) is 1. The van der Waals surface area contributed by atoms with Crippen molar-refractivity contribution in [2.24, 2.45) is 5.73 Å². The normalized spacial score (nSPS) is 15.0. The van der Waals surface area contributed by atoms with Crippen LogP contribution in [-0.4, -0.2) is 25.5 Å². The second-order valence-electron chi connectivity index (χ2n) is 4.20. The number of nitrogens with two attached hydrogens (primary N) is 1. The highest BCUT2D eigenvalue weighted by molar-refractivity contribution is 6.03. The van der Waals surface area contributed by atoms with Crippen molar-refractivity contribution in [3.05, 3.63) is 29.3 Å². The molecule has 1 aromatic rings. The van der Waals surface area contributed by atoms with Gasteiger partial charge in [0, 0.05) is 19.5 Å². The van der Waals surface area contributed by atoms with Gasteiger partial charge in [0.1, 0.15) is 0 Å². The molecule has 0 saturated carbocycles. The molecule has 0 unspecified atom stereocenters. The summed E-state index contributed by atoms with van der Waals surface area (Å²) in [5.74, 6) is -0.402. The van der Waals surface area contributed by atoms with E-state index in [2.05, 4.69) is 0 Å². The molecule has 96 valence electrons. The molecule has 2 N–H and O–H groups in total. The van der Waals surface area contributed by atoms with Crippen LogP contribution in [0.15, 0.2) is 18.2 Å². The molecule has 1 heterocycles. The molecule has 1 amide bonds. The second kappa shape index (κ2) is 5.18. The average molecular weight is 248 g/mol. The van der Waals surface area contributed by atoms with Crippen molar-refractivity contribution in [1.29, 1.82) is 0 Å². The molecule has 1 aromatic carbocycles. The largest absolute Gasteiger partial charge is 0.465 e. The van der Waals surface area contributed by atoms with Crippen molar-refractivity contribution in [3.63, 3.8) is 0 Å². The van der Waals surface area contributed by atoms with E-state index >= 15 is 0 Å². The highest BCUT2D eigenvalue weighted by Crippen LogP contribution is 2.27. The van der Waals surface area contributed by atoms with E-state index in [9.17, 15) is 9.59 Å². The molecule has 2 rings (SSSR count). The van der Waals surface area contributed by atoms with Crippen LogP contribution in [0.3, 0.4) is 0 Å². The van der Waals surface area contributed by atoms with Gasteiger partial charge >= 0.3 is 5.97 Å². The number of hydrogen-bond donors (Lipinski definition) is 1. The molecule has 1 aliphatic rings. The third kappa shape index (κ3) is 2.22. The summed E-state index contributed by atoms with van der Waals surface area (Å²) in [4.78, 5) is 25.1. The van der Waals surface area contributed by atoms with Gasteiger partial charge in [-0.1, -0.05) is 6.07 Å². The molecule has 0 atom stereocenters. The predicted molar refractivity (Wildman–Crippen MR) is 67.3 cm³/mol. The summed E-state index contributed by atoms with van der Waals surface area (Å²) >= 11 is 0. The summed E-state index contributed by atoms with van der Waals surface area (Å²) in [5, 5.41) is 0. The Hall–Kier alpha value is -1.88. The van der Waals surface area contributed by atoms with Gasteiger partial charge in [-0.25, -0.2) is 4.79 Å². The van der Waals surface area contributed by atoms with Crippen LogP contribution in [0, 0.1) is 0 Å². The highest BCUT2D eigenvalue weighted by Gasteiger charge is 2.26. The number of carbonyl (C=O) groups excluding carboxylic acids is 2. The summed E-state index contributed by atoms with van der Waals surface area (Å²) in [6.07, 6.45) is 1.34. The van der Waals surface area contributed by atoms with Crippen molar-refractivity contribution >= 4 is 17.6 Å². The van der Waals surface area contributed by atoms with Crippen molar-refractivity contribution in [1.82, 2.24) is 0 Å². The zero-order valence-electron chi connectivity index (χ0n) is 10.3. The van der Waals surface area contributed by atoms with Crippen LogP contribution in [0.1, 0.15) is 28.8 Å². The van der Waals surface area contributed by atoms with Crippen LogP contribution in [0.25, 0.3) is 0 Å². The Labute approximate surface area is 106 Å². The number of hydrogen-bond acceptors (Lipinski definition) is 4. The molecule has 0 aliphatic carbocycles. The quantitative estimate of drug-likeness (QED) is 0.812. The SMILES string of the molecule is COC(=O)c1cc(CN)ccc1N1CCCC1=O. The van der Waals surface area contributed by atoms with Crippen LogP contribution < -0.4 is 10.6 Å². The van der Waals surface area contributed by atoms with Gasteiger partial charge in [0.25, 0.3) is 0 Å². The molecule has 0 aromatic heterocycles. The summed E-state index contributed by atoms with van der Waals surface area (Å²) in [7, 11) is 1.33. The molecule has 5 heteroatoms. The fraction of sp³-hybridized carbons (Fsp3) is 0.385. The molecule has 0 bridgehead atoms. The Bertz CT molecular complexity index is 485. The number of benzene rings is 1. The summed E-state index contributed by atoms with van der Waals surface area (Å²) in [6.45, 7) is 0.989. The van der Waals surface area contributed by atoms with Gasteiger partial charge in [0.05, 0.1) is 18.4 Å². The van der Waals surface area contributed by atoms with E-state index in [1.165, 1.54) is 7.11 Å². The lowest BCUT2D eigenvalue weighted by molar-refractivity contribution is -0.117. The summed E-state index contributed by atoms with van der Waals surface area (Å²) < 4.78 is 4.75. The van der Waals surface area contributed by atoms with Crippen LogP contribution in [0.5, 0.6) is 0 Å². The average Bonchev–Trinajstić information content (AvgIpc) is 2.83. The first-order valence-electron chi connectivity index (χ1n) is 5.89. The summed E-state index contributed by atoms with van der Waals surface area (Å²) in [6, 6.07) is 5.28. The third-order valence-electron chi connectivity index (χ3n) is 3.07. The minimum absolute atomic E-state index is 0.0423. The number of nitrogens with zero attached hydrogens (tertiary/aromatic N) is 1. The first-order chi connectivity index (χ1) is 8.67. The molecule has 5 nitrogen and oxygen atoms in total.